The zero-order chi connectivity index (χ0) is 9.10. The number of rotatable bonds is 5. The molecule has 0 saturated heterocycles. The highest BCUT2D eigenvalue weighted by Gasteiger charge is 2.25. The fourth-order valence-corrected chi connectivity index (χ4v) is 2.27. The number of hydrogen-bond donors (Lipinski definition) is 1. The summed E-state index contributed by atoms with van der Waals surface area (Å²) in [5.41, 5.74) is 0. The van der Waals surface area contributed by atoms with Gasteiger partial charge in [-0.2, -0.15) is 0 Å². The molecule has 0 radical (unpaired) electrons. The minimum Gasteiger partial charge on any atom is -0.313 e. The van der Waals surface area contributed by atoms with Crippen molar-refractivity contribution in [3.05, 3.63) is 0 Å². The van der Waals surface area contributed by atoms with Crippen molar-refractivity contribution in [2.75, 3.05) is 20.1 Å². The van der Waals surface area contributed by atoms with Gasteiger partial charge < -0.3 is 10.2 Å². The van der Waals surface area contributed by atoms with E-state index in [2.05, 4.69) is 17.3 Å². The predicted octanol–water partition coefficient (Wildman–Crippen LogP) is 1.61. The van der Waals surface area contributed by atoms with Crippen LogP contribution in [0.25, 0.3) is 0 Å². The van der Waals surface area contributed by atoms with Gasteiger partial charge >= 0.3 is 0 Å². The lowest BCUT2D eigenvalue weighted by Crippen LogP contribution is -2.35. The van der Waals surface area contributed by atoms with Gasteiger partial charge in [0.2, 0.25) is 0 Å². The Bertz CT molecular complexity index is 146. The quantitative estimate of drug-likeness (QED) is 0.695. The molecule has 76 valence electrons. The molecule has 0 aliphatic heterocycles. The van der Waals surface area contributed by atoms with Crippen molar-refractivity contribution in [2.24, 2.45) is 0 Å². The molecule has 0 atom stereocenters. The first kappa shape index (κ1) is 9.47. The fourth-order valence-electron chi connectivity index (χ4n) is 2.27. The summed E-state index contributed by atoms with van der Waals surface area (Å²) in [6, 6.07) is 1.76. The molecule has 2 aliphatic rings. The molecule has 2 saturated carbocycles. The number of nitrogens with one attached hydrogen (secondary N) is 1. The lowest BCUT2D eigenvalue weighted by atomic mass is 10.2. The molecule has 0 aromatic carbocycles. The average Bonchev–Trinajstić information content (AvgIpc) is 2.86. The highest BCUT2D eigenvalue weighted by atomic mass is 15.2. The van der Waals surface area contributed by atoms with Crippen molar-refractivity contribution < 1.29 is 0 Å². The summed E-state index contributed by atoms with van der Waals surface area (Å²) in [4.78, 5) is 2.50. The van der Waals surface area contributed by atoms with Crippen molar-refractivity contribution in [2.45, 2.75) is 50.6 Å². The third-order valence-corrected chi connectivity index (χ3v) is 3.42. The normalized spacial score (nSPS) is 24.5. The molecule has 1 N–H and O–H groups in total. The molecular weight excluding hydrogens is 160 g/mol. The van der Waals surface area contributed by atoms with E-state index in [1.54, 1.807) is 0 Å². The van der Waals surface area contributed by atoms with Crippen LogP contribution < -0.4 is 5.32 Å². The van der Waals surface area contributed by atoms with Gasteiger partial charge in [0.05, 0.1) is 0 Å². The van der Waals surface area contributed by atoms with Gasteiger partial charge in [-0.25, -0.2) is 0 Å². The van der Waals surface area contributed by atoms with Gasteiger partial charge in [-0.3, -0.25) is 0 Å². The Morgan fingerprint density at radius 1 is 1.15 bits per heavy atom. The van der Waals surface area contributed by atoms with E-state index < -0.39 is 0 Å². The van der Waals surface area contributed by atoms with Gasteiger partial charge in [0.25, 0.3) is 0 Å². The second kappa shape index (κ2) is 4.43. The Hall–Kier alpha value is -0.0800. The van der Waals surface area contributed by atoms with Crippen LogP contribution in [0.4, 0.5) is 0 Å². The summed E-state index contributed by atoms with van der Waals surface area (Å²) in [5.74, 6) is 0. The Labute approximate surface area is 81.7 Å². The van der Waals surface area contributed by atoms with E-state index >= 15 is 0 Å². The third-order valence-electron chi connectivity index (χ3n) is 3.42. The van der Waals surface area contributed by atoms with Gasteiger partial charge in [-0.05, 0) is 32.7 Å². The first-order valence-corrected chi connectivity index (χ1v) is 5.80. The van der Waals surface area contributed by atoms with Crippen LogP contribution in [0.2, 0.25) is 0 Å². The van der Waals surface area contributed by atoms with Gasteiger partial charge in [-0.1, -0.05) is 12.8 Å². The zero-order valence-electron chi connectivity index (χ0n) is 8.76. The molecule has 2 fully saturated rings. The summed E-state index contributed by atoms with van der Waals surface area (Å²) >= 11 is 0. The molecule has 0 aromatic rings. The molecule has 0 spiro atoms. The maximum atomic E-state index is 3.65. The van der Waals surface area contributed by atoms with E-state index in [1.165, 1.54) is 51.6 Å². The van der Waals surface area contributed by atoms with Gasteiger partial charge in [-0.15, -0.1) is 0 Å². The summed E-state index contributed by atoms with van der Waals surface area (Å²) in [7, 11) is 2.26. The predicted molar refractivity (Wildman–Crippen MR) is 55.9 cm³/mol. The molecule has 2 heteroatoms. The molecule has 2 rings (SSSR count). The van der Waals surface area contributed by atoms with Crippen LogP contribution in [-0.4, -0.2) is 37.1 Å². The first-order valence-electron chi connectivity index (χ1n) is 5.80. The molecule has 13 heavy (non-hydrogen) atoms. The smallest absolute Gasteiger partial charge is 0.0107 e. The summed E-state index contributed by atoms with van der Waals surface area (Å²) in [6.45, 7) is 2.43. The van der Waals surface area contributed by atoms with Crippen molar-refractivity contribution in [3.63, 3.8) is 0 Å². The highest BCUT2D eigenvalue weighted by molar-refractivity contribution is 4.83. The summed E-state index contributed by atoms with van der Waals surface area (Å²) in [5, 5.41) is 3.65. The largest absolute Gasteiger partial charge is 0.313 e. The maximum absolute atomic E-state index is 3.65. The molecule has 2 aliphatic carbocycles. The van der Waals surface area contributed by atoms with Crippen LogP contribution in [0.15, 0.2) is 0 Å². The van der Waals surface area contributed by atoms with Crippen LogP contribution in [0.3, 0.4) is 0 Å². The lowest BCUT2D eigenvalue weighted by molar-refractivity contribution is 0.314. The summed E-state index contributed by atoms with van der Waals surface area (Å²) < 4.78 is 0. The average molecular weight is 182 g/mol. The van der Waals surface area contributed by atoms with Crippen LogP contribution in [0, 0.1) is 0 Å². The van der Waals surface area contributed by atoms with E-state index in [-0.39, 0.29) is 0 Å². The minimum atomic E-state index is 0.840. The Morgan fingerprint density at radius 2 is 1.85 bits per heavy atom. The molecule has 0 amide bonds. The maximum Gasteiger partial charge on any atom is 0.0107 e. The second-order valence-corrected chi connectivity index (χ2v) is 4.65. The van der Waals surface area contributed by atoms with E-state index in [0.717, 1.165) is 12.1 Å². The van der Waals surface area contributed by atoms with E-state index in [4.69, 9.17) is 0 Å². The molecule has 0 bridgehead atoms. The number of likely N-dealkylation sites (N-methyl/N-ethyl adjacent to an activating group) is 1. The number of hydrogen-bond acceptors (Lipinski definition) is 2. The van der Waals surface area contributed by atoms with E-state index in [0.29, 0.717) is 0 Å². The molecule has 0 aromatic heterocycles. The molecule has 2 nitrogen and oxygen atoms in total. The van der Waals surface area contributed by atoms with Crippen LogP contribution in [-0.2, 0) is 0 Å². The van der Waals surface area contributed by atoms with Crippen molar-refractivity contribution in [3.8, 4) is 0 Å². The Kier molecular flexibility index (Phi) is 3.23. The van der Waals surface area contributed by atoms with Gasteiger partial charge in [0.1, 0.15) is 0 Å². The third kappa shape index (κ3) is 2.96. The summed E-state index contributed by atoms with van der Waals surface area (Å²) in [6.07, 6.45) is 8.56. The first-order chi connectivity index (χ1) is 6.36. The monoisotopic (exact) mass is 182 g/mol. The topological polar surface area (TPSA) is 15.3 Å². The van der Waals surface area contributed by atoms with Crippen LogP contribution >= 0.6 is 0 Å². The van der Waals surface area contributed by atoms with Gasteiger partial charge in [0, 0.05) is 25.2 Å². The lowest BCUT2D eigenvalue weighted by Gasteiger charge is -2.18. The minimum absolute atomic E-state index is 0.840. The van der Waals surface area contributed by atoms with Crippen molar-refractivity contribution in [1.29, 1.82) is 0 Å². The Morgan fingerprint density at radius 3 is 2.46 bits per heavy atom. The molecule has 0 unspecified atom stereocenters. The van der Waals surface area contributed by atoms with Gasteiger partial charge in [0.15, 0.2) is 0 Å². The SMILES string of the molecule is CN(CCNC1CCCC1)C1CC1. The Balaban J connectivity index is 1.52. The standard InChI is InChI=1S/C11H22N2/c1-13(11-6-7-11)9-8-12-10-4-2-3-5-10/h10-12H,2-9H2,1H3. The highest BCUT2D eigenvalue weighted by Crippen LogP contribution is 2.24. The van der Waals surface area contributed by atoms with Crippen LogP contribution in [0.1, 0.15) is 38.5 Å². The fraction of sp³-hybridized carbons (Fsp3) is 1.00. The molecule has 0 heterocycles. The zero-order valence-corrected chi connectivity index (χ0v) is 8.76. The molecular formula is C11H22N2. The van der Waals surface area contributed by atoms with E-state index in [9.17, 15) is 0 Å². The van der Waals surface area contributed by atoms with Crippen molar-refractivity contribution >= 4 is 0 Å². The van der Waals surface area contributed by atoms with Crippen LogP contribution in [0.5, 0.6) is 0 Å². The second-order valence-electron chi connectivity index (χ2n) is 4.65. The van der Waals surface area contributed by atoms with Crippen molar-refractivity contribution in [1.82, 2.24) is 10.2 Å². The van der Waals surface area contributed by atoms with E-state index in [1.807, 2.05) is 0 Å². The number of nitrogens with zero attached hydrogens (tertiary/aromatic N) is 1.